The van der Waals surface area contributed by atoms with Crippen molar-refractivity contribution in [3.8, 4) is 0 Å². The molecule has 0 bridgehead atoms. The summed E-state index contributed by atoms with van der Waals surface area (Å²) in [4.78, 5) is 43.9. The predicted molar refractivity (Wildman–Crippen MR) is 103 cm³/mol. The zero-order valence-electron chi connectivity index (χ0n) is 15.3. The van der Waals surface area contributed by atoms with Crippen LogP contribution in [0.15, 0.2) is 16.9 Å². The fraction of sp³-hybridized carbons (Fsp3) is 0.444. The number of aromatic amines is 1. The number of amides is 1. The van der Waals surface area contributed by atoms with Crippen LogP contribution in [0.4, 0.5) is 5.95 Å². The van der Waals surface area contributed by atoms with Crippen molar-refractivity contribution >= 4 is 29.2 Å². The number of methoxy groups -OCH3 is 1. The van der Waals surface area contributed by atoms with Gasteiger partial charge in [-0.1, -0.05) is 0 Å². The summed E-state index contributed by atoms with van der Waals surface area (Å²) in [6.45, 7) is 2.25. The number of aryl methyl sites for hydroxylation is 1. The third-order valence-electron chi connectivity index (χ3n) is 4.36. The highest BCUT2D eigenvalue weighted by Crippen LogP contribution is 2.18. The molecule has 0 aliphatic heterocycles. The van der Waals surface area contributed by atoms with Gasteiger partial charge >= 0.3 is 5.97 Å². The van der Waals surface area contributed by atoms with Gasteiger partial charge in [-0.15, -0.1) is 11.3 Å². The van der Waals surface area contributed by atoms with Gasteiger partial charge in [0.1, 0.15) is 4.88 Å². The van der Waals surface area contributed by atoms with Crippen molar-refractivity contribution in [1.82, 2.24) is 15.3 Å². The zero-order valence-corrected chi connectivity index (χ0v) is 16.1. The molecule has 9 heteroatoms. The molecule has 1 aliphatic rings. The van der Waals surface area contributed by atoms with Gasteiger partial charge < -0.3 is 15.4 Å². The van der Waals surface area contributed by atoms with Crippen molar-refractivity contribution in [2.24, 2.45) is 0 Å². The summed E-state index contributed by atoms with van der Waals surface area (Å²) in [5.41, 5.74) is 1.55. The fourth-order valence-electron chi connectivity index (χ4n) is 2.95. The van der Waals surface area contributed by atoms with Crippen LogP contribution in [0.1, 0.15) is 50.4 Å². The van der Waals surface area contributed by atoms with Gasteiger partial charge in [0.25, 0.3) is 11.5 Å². The largest absolute Gasteiger partial charge is 0.465 e. The Balaban J connectivity index is 1.56. The van der Waals surface area contributed by atoms with Crippen LogP contribution in [0.3, 0.4) is 0 Å². The summed E-state index contributed by atoms with van der Waals surface area (Å²) < 4.78 is 4.64. The quantitative estimate of drug-likeness (QED) is 0.648. The highest BCUT2D eigenvalue weighted by atomic mass is 32.1. The van der Waals surface area contributed by atoms with Crippen LogP contribution in [-0.4, -0.2) is 41.5 Å². The molecule has 27 heavy (non-hydrogen) atoms. The van der Waals surface area contributed by atoms with Gasteiger partial charge in [-0.05, 0) is 44.7 Å². The molecule has 0 saturated carbocycles. The topological polar surface area (TPSA) is 113 Å². The minimum Gasteiger partial charge on any atom is -0.465 e. The van der Waals surface area contributed by atoms with Gasteiger partial charge in [0, 0.05) is 18.2 Å². The summed E-state index contributed by atoms with van der Waals surface area (Å²) in [7, 11) is 1.30. The molecule has 2 heterocycles. The van der Waals surface area contributed by atoms with E-state index < -0.39 is 5.97 Å². The number of hydrogen-bond donors (Lipinski definition) is 3. The first-order valence-electron chi connectivity index (χ1n) is 8.83. The molecule has 1 atom stereocenters. The SMILES string of the molecule is COC(=O)c1ccc(C(=O)N[C@@H](C)CNc2nc3c(c(=O)[nH]2)CCCC3)s1. The minimum atomic E-state index is -0.462. The van der Waals surface area contributed by atoms with Crippen LogP contribution in [0.5, 0.6) is 0 Å². The molecule has 1 aliphatic carbocycles. The molecule has 0 unspecified atom stereocenters. The van der Waals surface area contributed by atoms with Gasteiger partial charge in [-0.3, -0.25) is 14.6 Å². The molecule has 3 N–H and O–H groups in total. The highest BCUT2D eigenvalue weighted by molar-refractivity contribution is 7.15. The average Bonchev–Trinajstić information content (AvgIpc) is 3.16. The summed E-state index contributed by atoms with van der Waals surface area (Å²) >= 11 is 1.08. The van der Waals surface area contributed by atoms with Gasteiger partial charge in [0.05, 0.1) is 17.7 Å². The second-order valence-electron chi connectivity index (χ2n) is 6.46. The molecular formula is C18H22N4O4S. The lowest BCUT2D eigenvalue weighted by Gasteiger charge is -2.17. The van der Waals surface area contributed by atoms with Gasteiger partial charge in [-0.2, -0.15) is 0 Å². The Morgan fingerprint density at radius 3 is 2.81 bits per heavy atom. The number of H-pyrrole nitrogens is 1. The number of anilines is 1. The van der Waals surface area contributed by atoms with Crippen molar-refractivity contribution < 1.29 is 14.3 Å². The van der Waals surface area contributed by atoms with E-state index in [0.29, 0.717) is 22.2 Å². The molecule has 2 aromatic rings. The Morgan fingerprint density at radius 2 is 2.04 bits per heavy atom. The number of fused-ring (bicyclic) bond motifs is 1. The van der Waals surface area contributed by atoms with Crippen molar-refractivity contribution in [2.75, 3.05) is 19.0 Å². The van der Waals surface area contributed by atoms with Crippen molar-refractivity contribution in [1.29, 1.82) is 0 Å². The lowest BCUT2D eigenvalue weighted by Crippen LogP contribution is -2.37. The van der Waals surface area contributed by atoms with E-state index in [-0.39, 0.29) is 17.5 Å². The van der Waals surface area contributed by atoms with Crippen LogP contribution >= 0.6 is 11.3 Å². The number of aromatic nitrogens is 2. The van der Waals surface area contributed by atoms with Crippen molar-refractivity contribution in [3.05, 3.63) is 43.5 Å². The lowest BCUT2D eigenvalue weighted by molar-refractivity contribution is 0.0606. The number of esters is 1. The van der Waals surface area contributed by atoms with E-state index in [1.54, 1.807) is 12.1 Å². The predicted octanol–water partition coefficient (Wildman–Crippen LogP) is 1.73. The molecule has 144 valence electrons. The summed E-state index contributed by atoms with van der Waals surface area (Å²) in [5.74, 6) is -0.307. The fourth-order valence-corrected chi connectivity index (χ4v) is 3.78. The monoisotopic (exact) mass is 390 g/mol. The number of nitrogens with one attached hydrogen (secondary N) is 3. The van der Waals surface area contributed by atoms with Crippen LogP contribution in [0.25, 0.3) is 0 Å². The maximum absolute atomic E-state index is 12.3. The maximum atomic E-state index is 12.3. The number of rotatable bonds is 6. The average molecular weight is 390 g/mol. The normalized spacial score (nSPS) is 14.1. The molecule has 0 spiro atoms. The Kier molecular flexibility index (Phi) is 5.90. The molecule has 8 nitrogen and oxygen atoms in total. The number of carbonyl (C=O) groups is 2. The van der Waals surface area contributed by atoms with E-state index in [4.69, 9.17) is 0 Å². The van der Waals surface area contributed by atoms with Crippen LogP contribution < -0.4 is 16.2 Å². The van der Waals surface area contributed by atoms with Gasteiger partial charge in [0.15, 0.2) is 0 Å². The minimum absolute atomic E-state index is 0.0900. The third-order valence-corrected chi connectivity index (χ3v) is 5.43. The molecule has 3 rings (SSSR count). The maximum Gasteiger partial charge on any atom is 0.348 e. The number of hydrogen-bond acceptors (Lipinski definition) is 7. The Morgan fingerprint density at radius 1 is 1.30 bits per heavy atom. The van der Waals surface area contributed by atoms with Crippen LogP contribution in [0.2, 0.25) is 0 Å². The summed E-state index contributed by atoms with van der Waals surface area (Å²) in [6, 6.07) is 2.95. The number of ether oxygens (including phenoxy) is 1. The molecule has 0 aromatic carbocycles. The molecule has 0 saturated heterocycles. The highest BCUT2D eigenvalue weighted by Gasteiger charge is 2.17. The number of thiophene rings is 1. The summed E-state index contributed by atoms with van der Waals surface area (Å²) in [6.07, 6.45) is 3.66. The first kappa shape index (κ1) is 19.1. The smallest absolute Gasteiger partial charge is 0.348 e. The lowest BCUT2D eigenvalue weighted by atomic mass is 9.97. The van der Waals surface area contributed by atoms with Crippen molar-refractivity contribution in [2.45, 2.75) is 38.6 Å². The van der Waals surface area contributed by atoms with Crippen LogP contribution in [-0.2, 0) is 17.6 Å². The number of nitrogens with zero attached hydrogens (tertiary/aromatic N) is 1. The van der Waals surface area contributed by atoms with Gasteiger partial charge in [0.2, 0.25) is 5.95 Å². The molecule has 2 aromatic heterocycles. The zero-order chi connectivity index (χ0) is 19.4. The Hall–Kier alpha value is -2.68. The van der Waals surface area contributed by atoms with Gasteiger partial charge in [-0.25, -0.2) is 9.78 Å². The second-order valence-corrected chi connectivity index (χ2v) is 7.54. The second kappa shape index (κ2) is 8.34. The van der Waals surface area contributed by atoms with Crippen molar-refractivity contribution in [3.63, 3.8) is 0 Å². The molecule has 1 amide bonds. The van der Waals surface area contributed by atoms with E-state index in [9.17, 15) is 14.4 Å². The third kappa shape index (κ3) is 4.54. The Bertz CT molecular complexity index is 905. The van der Waals surface area contributed by atoms with E-state index in [1.165, 1.54) is 7.11 Å². The van der Waals surface area contributed by atoms with Crippen LogP contribution in [0, 0.1) is 0 Å². The van der Waals surface area contributed by atoms with E-state index in [0.717, 1.165) is 48.3 Å². The van der Waals surface area contributed by atoms with E-state index in [2.05, 4.69) is 25.3 Å². The molecule has 0 fully saturated rings. The number of carbonyl (C=O) groups excluding carboxylic acids is 2. The Labute approximate surface area is 160 Å². The first-order chi connectivity index (χ1) is 13.0. The molecular weight excluding hydrogens is 368 g/mol. The first-order valence-corrected chi connectivity index (χ1v) is 9.64. The summed E-state index contributed by atoms with van der Waals surface area (Å²) in [5, 5.41) is 5.92. The van der Waals surface area contributed by atoms with E-state index in [1.807, 2.05) is 6.92 Å². The standard InChI is InChI=1S/C18H22N4O4S/c1-10(20-16(24)13-7-8-14(27-13)17(25)26-2)9-19-18-21-12-6-4-3-5-11(12)15(23)22-18/h7-8,10H,3-6,9H2,1-2H3,(H,20,24)(H2,19,21,22,23)/t10-/m0/s1. The molecule has 0 radical (unpaired) electrons. The van der Waals surface area contributed by atoms with E-state index >= 15 is 0 Å².